The summed E-state index contributed by atoms with van der Waals surface area (Å²) in [5.41, 5.74) is 5.48. The monoisotopic (exact) mass is 121 g/mol. The van der Waals surface area contributed by atoms with Gasteiger partial charge in [-0.2, -0.15) is 0 Å². The van der Waals surface area contributed by atoms with Crippen LogP contribution < -0.4 is 5.73 Å². The molecule has 0 spiro atoms. The number of hydrogen-bond acceptors (Lipinski definition) is 1. The summed E-state index contributed by atoms with van der Waals surface area (Å²) >= 11 is 5.60. The van der Waals surface area contributed by atoms with Gasteiger partial charge in [0.2, 0.25) is 0 Å². The van der Waals surface area contributed by atoms with Crippen LogP contribution in [0.25, 0.3) is 0 Å². The molecule has 0 aromatic carbocycles. The van der Waals surface area contributed by atoms with Gasteiger partial charge in [0.25, 0.3) is 0 Å². The van der Waals surface area contributed by atoms with Crippen LogP contribution in [-0.4, -0.2) is 11.4 Å². The van der Waals surface area contributed by atoms with Crippen molar-refractivity contribution in [3.05, 3.63) is 0 Å². The van der Waals surface area contributed by atoms with E-state index in [1.54, 1.807) is 0 Å². The standard InChI is InChI=1S/C5H12ClN/c1-3-5(7)4(2)6/h4-5H,3,7H2,1-2H3. The predicted molar refractivity (Wildman–Crippen MR) is 33.6 cm³/mol. The smallest absolute Gasteiger partial charge is 0.0458 e. The first-order valence-corrected chi connectivity index (χ1v) is 3.01. The molecular formula is C5H12ClN. The van der Waals surface area contributed by atoms with Gasteiger partial charge in [-0.05, 0) is 13.3 Å². The summed E-state index contributed by atoms with van der Waals surface area (Å²) in [7, 11) is 0. The normalized spacial score (nSPS) is 18.9. The van der Waals surface area contributed by atoms with Gasteiger partial charge in [-0.3, -0.25) is 0 Å². The minimum Gasteiger partial charge on any atom is -0.326 e. The molecule has 0 fully saturated rings. The van der Waals surface area contributed by atoms with Crippen LogP contribution in [-0.2, 0) is 0 Å². The van der Waals surface area contributed by atoms with Crippen molar-refractivity contribution < 1.29 is 0 Å². The second kappa shape index (κ2) is 3.28. The van der Waals surface area contributed by atoms with Gasteiger partial charge in [0.05, 0.1) is 0 Å². The van der Waals surface area contributed by atoms with Crippen molar-refractivity contribution in [1.82, 2.24) is 0 Å². The van der Waals surface area contributed by atoms with Crippen molar-refractivity contribution >= 4 is 11.6 Å². The lowest BCUT2D eigenvalue weighted by Gasteiger charge is -2.08. The topological polar surface area (TPSA) is 26.0 Å². The summed E-state index contributed by atoms with van der Waals surface area (Å²) in [6.45, 7) is 3.94. The summed E-state index contributed by atoms with van der Waals surface area (Å²) in [5.74, 6) is 0. The van der Waals surface area contributed by atoms with Crippen molar-refractivity contribution in [2.45, 2.75) is 31.7 Å². The summed E-state index contributed by atoms with van der Waals surface area (Å²) in [6, 6.07) is 0.168. The third-order valence-electron chi connectivity index (χ3n) is 1.06. The number of hydrogen-bond donors (Lipinski definition) is 1. The maximum atomic E-state index is 5.60. The molecule has 0 aromatic heterocycles. The Kier molecular flexibility index (Phi) is 3.39. The van der Waals surface area contributed by atoms with Gasteiger partial charge in [0.15, 0.2) is 0 Å². The Morgan fingerprint density at radius 1 is 1.71 bits per heavy atom. The third-order valence-corrected chi connectivity index (χ3v) is 1.39. The van der Waals surface area contributed by atoms with E-state index in [1.807, 2.05) is 13.8 Å². The lowest BCUT2D eigenvalue weighted by atomic mass is 10.2. The van der Waals surface area contributed by atoms with E-state index in [4.69, 9.17) is 17.3 Å². The lowest BCUT2D eigenvalue weighted by molar-refractivity contribution is 0.636. The molecule has 0 saturated carbocycles. The Morgan fingerprint density at radius 2 is 2.14 bits per heavy atom. The van der Waals surface area contributed by atoms with Crippen molar-refractivity contribution in [3.8, 4) is 0 Å². The highest BCUT2D eigenvalue weighted by molar-refractivity contribution is 6.20. The molecule has 1 nitrogen and oxygen atoms in total. The maximum absolute atomic E-state index is 5.60. The van der Waals surface area contributed by atoms with Crippen molar-refractivity contribution in [3.63, 3.8) is 0 Å². The van der Waals surface area contributed by atoms with E-state index in [2.05, 4.69) is 0 Å². The second-order valence-electron chi connectivity index (χ2n) is 1.75. The van der Waals surface area contributed by atoms with Crippen LogP contribution in [0.15, 0.2) is 0 Å². The van der Waals surface area contributed by atoms with E-state index in [0.717, 1.165) is 6.42 Å². The number of rotatable bonds is 2. The van der Waals surface area contributed by atoms with Crippen molar-refractivity contribution in [2.24, 2.45) is 5.73 Å². The molecule has 2 heteroatoms. The largest absolute Gasteiger partial charge is 0.326 e. The molecule has 2 atom stereocenters. The fraction of sp³-hybridized carbons (Fsp3) is 1.00. The molecule has 0 aliphatic carbocycles. The lowest BCUT2D eigenvalue weighted by Crippen LogP contribution is -2.27. The molecule has 7 heavy (non-hydrogen) atoms. The molecular weight excluding hydrogens is 110 g/mol. The average molecular weight is 122 g/mol. The zero-order valence-corrected chi connectivity index (χ0v) is 5.57. The van der Waals surface area contributed by atoms with Gasteiger partial charge in [-0.1, -0.05) is 6.92 Å². The quantitative estimate of drug-likeness (QED) is 0.549. The Balaban J connectivity index is 3.14. The number of nitrogens with two attached hydrogens (primary N) is 1. The first-order valence-electron chi connectivity index (χ1n) is 2.58. The Morgan fingerprint density at radius 3 is 2.14 bits per heavy atom. The summed E-state index contributed by atoms with van der Waals surface area (Å²) in [4.78, 5) is 0. The first-order chi connectivity index (χ1) is 3.18. The highest BCUT2D eigenvalue weighted by Crippen LogP contribution is 2.00. The van der Waals surface area contributed by atoms with Gasteiger partial charge in [0, 0.05) is 11.4 Å². The minimum absolute atomic E-state index is 0.116. The Bertz CT molecular complexity index is 45.3. The van der Waals surface area contributed by atoms with Crippen LogP contribution in [0.5, 0.6) is 0 Å². The maximum Gasteiger partial charge on any atom is 0.0458 e. The summed E-state index contributed by atoms with van der Waals surface area (Å²) in [6.07, 6.45) is 0.963. The zero-order chi connectivity index (χ0) is 5.86. The molecule has 0 bridgehead atoms. The molecule has 2 N–H and O–H groups in total. The van der Waals surface area contributed by atoms with E-state index in [9.17, 15) is 0 Å². The fourth-order valence-corrected chi connectivity index (χ4v) is 0.503. The number of alkyl halides is 1. The van der Waals surface area contributed by atoms with Crippen LogP contribution in [0.3, 0.4) is 0 Å². The molecule has 0 heterocycles. The van der Waals surface area contributed by atoms with Gasteiger partial charge >= 0.3 is 0 Å². The van der Waals surface area contributed by atoms with Gasteiger partial charge in [-0.15, -0.1) is 11.6 Å². The van der Waals surface area contributed by atoms with Crippen LogP contribution in [0.2, 0.25) is 0 Å². The molecule has 0 amide bonds. The van der Waals surface area contributed by atoms with Crippen molar-refractivity contribution in [1.29, 1.82) is 0 Å². The van der Waals surface area contributed by atoms with E-state index in [-0.39, 0.29) is 11.4 Å². The summed E-state index contributed by atoms with van der Waals surface area (Å²) in [5, 5.41) is 0.116. The number of halogens is 1. The third kappa shape index (κ3) is 2.89. The minimum atomic E-state index is 0.116. The molecule has 0 rings (SSSR count). The average Bonchev–Trinajstić information content (AvgIpc) is 1.65. The molecule has 0 aliphatic heterocycles. The van der Waals surface area contributed by atoms with Gasteiger partial charge < -0.3 is 5.73 Å². The van der Waals surface area contributed by atoms with E-state index >= 15 is 0 Å². The van der Waals surface area contributed by atoms with E-state index < -0.39 is 0 Å². The van der Waals surface area contributed by atoms with Crippen LogP contribution in [0, 0.1) is 0 Å². The molecule has 2 unspecified atom stereocenters. The second-order valence-corrected chi connectivity index (χ2v) is 2.44. The van der Waals surface area contributed by atoms with Crippen LogP contribution >= 0.6 is 11.6 Å². The van der Waals surface area contributed by atoms with Crippen LogP contribution in [0.4, 0.5) is 0 Å². The highest BCUT2D eigenvalue weighted by atomic mass is 35.5. The Labute approximate surface area is 49.8 Å². The van der Waals surface area contributed by atoms with Crippen molar-refractivity contribution in [2.75, 3.05) is 0 Å². The SMILES string of the molecule is CCC(N)C(C)Cl. The molecule has 0 aromatic rings. The van der Waals surface area contributed by atoms with Gasteiger partial charge in [-0.25, -0.2) is 0 Å². The summed E-state index contributed by atoms with van der Waals surface area (Å²) < 4.78 is 0. The molecule has 0 radical (unpaired) electrons. The Hall–Kier alpha value is 0.250. The van der Waals surface area contributed by atoms with Gasteiger partial charge in [0.1, 0.15) is 0 Å². The fourth-order valence-electron chi connectivity index (χ4n) is 0.325. The van der Waals surface area contributed by atoms with E-state index in [1.165, 1.54) is 0 Å². The predicted octanol–water partition coefficient (Wildman–Crippen LogP) is 1.35. The first kappa shape index (κ1) is 7.25. The highest BCUT2D eigenvalue weighted by Gasteiger charge is 2.03. The van der Waals surface area contributed by atoms with Crippen LogP contribution in [0.1, 0.15) is 20.3 Å². The molecule has 0 saturated heterocycles. The van der Waals surface area contributed by atoms with E-state index in [0.29, 0.717) is 0 Å². The zero-order valence-electron chi connectivity index (χ0n) is 4.82. The molecule has 44 valence electrons. The molecule has 0 aliphatic rings.